The molecule has 1 N–H and O–H groups in total. The number of carbonyl (C=O) groups excluding carboxylic acids is 1. The van der Waals surface area contributed by atoms with Gasteiger partial charge in [0.1, 0.15) is 0 Å². The molecular weight excluding hydrogens is 150 g/mol. The van der Waals surface area contributed by atoms with Gasteiger partial charge in [0, 0.05) is 12.5 Å². The van der Waals surface area contributed by atoms with Crippen molar-refractivity contribution >= 4 is 5.91 Å². The summed E-state index contributed by atoms with van der Waals surface area (Å²) < 4.78 is 0. The number of hydrogen-bond donors (Lipinski definition) is 1. The van der Waals surface area contributed by atoms with Crippen LogP contribution < -0.4 is 5.32 Å². The average Bonchev–Trinajstić information content (AvgIpc) is 2.64. The molecule has 0 unspecified atom stereocenters. The number of amides is 1. The van der Waals surface area contributed by atoms with Gasteiger partial charge in [-0.15, -0.1) is 0 Å². The largest absolute Gasteiger partial charge is 0.356 e. The zero-order valence-corrected chi connectivity index (χ0v) is 7.42. The van der Waals surface area contributed by atoms with Crippen LogP contribution in [0.1, 0.15) is 19.8 Å². The van der Waals surface area contributed by atoms with Crippen LogP contribution in [0, 0.1) is 17.8 Å². The molecule has 1 saturated carbocycles. The molecule has 2 aliphatic rings. The monoisotopic (exact) mass is 165 g/mol. The molecule has 0 aliphatic heterocycles. The highest BCUT2D eigenvalue weighted by atomic mass is 16.1. The van der Waals surface area contributed by atoms with Crippen LogP contribution in [-0.4, -0.2) is 12.5 Å². The molecule has 3 atom stereocenters. The van der Waals surface area contributed by atoms with E-state index < -0.39 is 0 Å². The van der Waals surface area contributed by atoms with Gasteiger partial charge in [-0.3, -0.25) is 4.79 Å². The summed E-state index contributed by atoms with van der Waals surface area (Å²) in [6, 6.07) is 0. The predicted octanol–water partition coefficient (Wildman–Crippen LogP) is 1.33. The van der Waals surface area contributed by atoms with Crippen molar-refractivity contribution in [3.05, 3.63) is 12.2 Å². The lowest BCUT2D eigenvalue weighted by atomic mass is 9.93. The second-order valence-electron chi connectivity index (χ2n) is 3.78. The lowest BCUT2D eigenvalue weighted by Gasteiger charge is -2.16. The van der Waals surface area contributed by atoms with Crippen molar-refractivity contribution in [2.24, 2.45) is 17.8 Å². The molecule has 0 aromatic carbocycles. The van der Waals surface area contributed by atoms with E-state index in [0.29, 0.717) is 11.8 Å². The van der Waals surface area contributed by atoms with Gasteiger partial charge < -0.3 is 5.32 Å². The molecule has 2 nitrogen and oxygen atoms in total. The molecule has 2 rings (SSSR count). The number of carbonyl (C=O) groups is 1. The van der Waals surface area contributed by atoms with Gasteiger partial charge in [-0.05, 0) is 31.6 Å². The van der Waals surface area contributed by atoms with Gasteiger partial charge in [0.2, 0.25) is 5.91 Å². The van der Waals surface area contributed by atoms with Crippen molar-refractivity contribution in [2.75, 3.05) is 6.54 Å². The van der Waals surface area contributed by atoms with Crippen LogP contribution in [0.2, 0.25) is 0 Å². The summed E-state index contributed by atoms with van der Waals surface area (Å²) in [7, 11) is 0. The normalized spacial score (nSPS) is 37.2. The van der Waals surface area contributed by atoms with Gasteiger partial charge in [-0.1, -0.05) is 12.2 Å². The van der Waals surface area contributed by atoms with Gasteiger partial charge >= 0.3 is 0 Å². The van der Waals surface area contributed by atoms with E-state index in [4.69, 9.17) is 0 Å². The average molecular weight is 165 g/mol. The molecule has 0 aromatic heterocycles. The second kappa shape index (κ2) is 2.92. The summed E-state index contributed by atoms with van der Waals surface area (Å²) in [5.41, 5.74) is 0. The first-order valence-corrected chi connectivity index (χ1v) is 4.77. The summed E-state index contributed by atoms with van der Waals surface area (Å²) in [5, 5.41) is 2.90. The molecule has 66 valence electrons. The van der Waals surface area contributed by atoms with Crippen molar-refractivity contribution in [1.82, 2.24) is 5.32 Å². The van der Waals surface area contributed by atoms with Crippen LogP contribution in [-0.2, 0) is 4.79 Å². The Kier molecular flexibility index (Phi) is 1.91. The maximum Gasteiger partial charge on any atom is 0.223 e. The zero-order valence-electron chi connectivity index (χ0n) is 7.42. The first kappa shape index (κ1) is 7.84. The molecule has 2 bridgehead atoms. The van der Waals surface area contributed by atoms with Gasteiger partial charge in [0.25, 0.3) is 0 Å². The van der Waals surface area contributed by atoms with Gasteiger partial charge in [-0.2, -0.15) is 0 Å². The first-order valence-electron chi connectivity index (χ1n) is 4.77. The van der Waals surface area contributed by atoms with E-state index in [0.717, 1.165) is 13.0 Å². The lowest BCUT2D eigenvalue weighted by molar-refractivity contribution is -0.125. The molecule has 0 saturated heterocycles. The Morgan fingerprint density at radius 2 is 2.33 bits per heavy atom. The Balaban J connectivity index is 1.98. The molecule has 0 heterocycles. The van der Waals surface area contributed by atoms with Crippen LogP contribution in [0.4, 0.5) is 0 Å². The molecule has 0 spiro atoms. The van der Waals surface area contributed by atoms with Crippen LogP contribution in [0.3, 0.4) is 0 Å². The second-order valence-corrected chi connectivity index (χ2v) is 3.78. The van der Waals surface area contributed by atoms with Crippen molar-refractivity contribution in [1.29, 1.82) is 0 Å². The van der Waals surface area contributed by atoms with E-state index in [2.05, 4.69) is 17.5 Å². The third-order valence-corrected chi connectivity index (χ3v) is 2.97. The van der Waals surface area contributed by atoms with E-state index in [-0.39, 0.29) is 11.8 Å². The van der Waals surface area contributed by atoms with Gasteiger partial charge in [-0.25, -0.2) is 0 Å². The summed E-state index contributed by atoms with van der Waals surface area (Å²) >= 11 is 0. The Bertz CT molecular complexity index is 222. The maximum atomic E-state index is 11.5. The van der Waals surface area contributed by atoms with E-state index in [9.17, 15) is 4.79 Å². The Morgan fingerprint density at radius 3 is 2.83 bits per heavy atom. The van der Waals surface area contributed by atoms with Crippen LogP contribution >= 0.6 is 0 Å². The number of hydrogen-bond acceptors (Lipinski definition) is 1. The van der Waals surface area contributed by atoms with Crippen molar-refractivity contribution < 1.29 is 4.79 Å². The van der Waals surface area contributed by atoms with Crippen LogP contribution in [0.15, 0.2) is 12.2 Å². The molecule has 2 heteroatoms. The smallest absolute Gasteiger partial charge is 0.223 e. The highest BCUT2D eigenvalue weighted by Crippen LogP contribution is 2.43. The van der Waals surface area contributed by atoms with E-state index in [1.54, 1.807) is 0 Å². The minimum absolute atomic E-state index is 0.259. The summed E-state index contributed by atoms with van der Waals surface area (Å²) in [4.78, 5) is 11.5. The first-order chi connectivity index (χ1) is 5.81. The Labute approximate surface area is 73.0 Å². The summed E-state index contributed by atoms with van der Waals surface area (Å²) in [6.07, 6.45) is 6.77. The number of fused-ring (bicyclic) bond motifs is 2. The van der Waals surface area contributed by atoms with E-state index in [1.165, 1.54) is 6.42 Å². The minimum atomic E-state index is 0.259. The van der Waals surface area contributed by atoms with Gasteiger partial charge in [0.15, 0.2) is 0 Å². The van der Waals surface area contributed by atoms with E-state index >= 15 is 0 Å². The fraction of sp³-hybridized carbons (Fsp3) is 0.700. The van der Waals surface area contributed by atoms with Crippen LogP contribution in [0.25, 0.3) is 0 Å². The fourth-order valence-corrected chi connectivity index (χ4v) is 2.39. The van der Waals surface area contributed by atoms with Crippen molar-refractivity contribution in [3.8, 4) is 0 Å². The standard InChI is InChI=1S/C10H15NO/c1-2-11-10(12)9-6-7-3-4-8(9)5-7/h3-4,7-9H,2,5-6H2,1H3,(H,11,12)/t7-,8+,9+/m1/s1. The summed E-state index contributed by atoms with van der Waals surface area (Å²) in [6.45, 7) is 2.73. The van der Waals surface area contributed by atoms with Crippen molar-refractivity contribution in [2.45, 2.75) is 19.8 Å². The third kappa shape index (κ3) is 1.15. The van der Waals surface area contributed by atoms with E-state index in [1.807, 2.05) is 6.92 Å². The fourth-order valence-electron chi connectivity index (χ4n) is 2.39. The lowest BCUT2D eigenvalue weighted by Crippen LogP contribution is -2.32. The number of allylic oxidation sites excluding steroid dienone is 2. The third-order valence-electron chi connectivity index (χ3n) is 2.97. The van der Waals surface area contributed by atoms with Crippen molar-refractivity contribution in [3.63, 3.8) is 0 Å². The molecule has 12 heavy (non-hydrogen) atoms. The highest BCUT2D eigenvalue weighted by molar-refractivity contribution is 5.79. The maximum absolute atomic E-state index is 11.5. The molecule has 1 fully saturated rings. The number of rotatable bonds is 2. The Hall–Kier alpha value is -0.790. The Morgan fingerprint density at radius 1 is 1.50 bits per heavy atom. The molecular formula is C10H15NO. The molecule has 0 aromatic rings. The SMILES string of the molecule is CCNC(=O)[C@H]1C[C@@H]2C=C[C@H]1C2. The highest BCUT2D eigenvalue weighted by Gasteiger charge is 2.39. The van der Waals surface area contributed by atoms with Crippen LogP contribution in [0.5, 0.6) is 0 Å². The molecule has 1 amide bonds. The quantitative estimate of drug-likeness (QED) is 0.614. The minimum Gasteiger partial charge on any atom is -0.356 e. The molecule has 2 aliphatic carbocycles. The topological polar surface area (TPSA) is 29.1 Å². The number of nitrogens with one attached hydrogen (secondary N) is 1. The van der Waals surface area contributed by atoms with Gasteiger partial charge in [0.05, 0.1) is 0 Å². The zero-order chi connectivity index (χ0) is 8.55. The predicted molar refractivity (Wildman–Crippen MR) is 47.5 cm³/mol. The summed E-state index contributed by atoms with van der Waals surface area (Å²) in [5.74, 6) is 1.78. The molecule has 0 radical (unpaired) electrons.